The lowest BCUT2D eigenvalue weighted by atomic mass is 10.0. The van der Waals surface area contributed by atoms with Crippen LogP contribution in [0, 0.1) is 5.82 Å². The van der Waals surface area contributed by atoms with Crippen molar-refractivity contribution < 1.29 is 71.5 Å². The molecule has 0 saturated carbocycles. The first-order chi connectivity index (χ1) is 39.5. The third kappa shape index (κ3) is 15.4. The Hall–Kier alpha value is -8.78. The molecule has 13 amide bonds. The number of rotatable bonds is 17. The number of nitrogens with two attached hydrogens (primary N) is 2. The largest absolute Gasteiger partial charge is 0.444 e. The van der Waals surface area contributed by atoms with Crippen LogP contribution in [0.2, 0.25) is 0 Å². The van der Waals surface area contributed by atoms with E-state index in [1.54, 1.807) is 36.4 Å². The fraction of sp³-hybridized carbons (Fsp3) is 0.456. The van der Waals surface area contributed by atoms with E-state index in [-0.39, 0.29) is 78.7 Å². The molecule has 0 aliphatic carbocycles. The summed E-state index contributed by atoms with van der Waals surface area (Å²) in [6.45, 7) is 10.9. The number of alkyl carbamates (subject to hydrolysis) is 1. The first-order valence-corrected chi connectivity index (χ1v) is 27.6. The van der Waals surface area contributed by atoms with E-state index in [2.05, 4.69) is 38.8 Å². The minimum atomic E-state index is -1.07. The van der Waals surface area contributed by atoms with E-state index in [0.717, 1.165) is 65.7 Å². The highest BCUT2D eigenvalue weighted by Gasteiger charge is 2.48. The monoisotopic (exact) mass is 1150 g/mol. The molecule has 3 fully saturated rings. The van der Waals surface area contributed by atoms with Gasteiger partial charge < -0.3 is 32.2 Å². The van der Waals surface area contributed by atoms with Gasteiger partial charge in [0.15, 0.2) is 0 Å². The van der Waals surface area contributed by atoms with Crippen LogP contribution in [0.25, 0.3) is 0 Å². The molecule has 0 radical (unpaired) electrons. The Morgan fingerprint density at radius 2 is 0.892 bits per heavy atom. The third-order valence-corrected chi connectivity index (χ3v) is 13.7. The van der Waals surface area contributed by atoms with Gasteiger partial charge in [-0.1, -0.05) is 38.0 Å². The molecule has 3 unspecified atom stereocenters. The SMILES string of the molecule is CC(C)(C)OC(=O)NCCCCN.CCCCCNc1cccc2c1C(=O)N(C1CCC(=O)NC1=O)C2=O.NCCCCNc1cccc2c1C(=O)N(C1CCC(=O)NC1=O)C2=O.O=C1CCC(N2C(=O)c3cccc(F)c3C2=O)C(=O)N1. The van der Waals surface area contributed by atoms with Crippen LogP contribution in [0.5, 0.6) is 0 Å². The summed E-state index contributed by atoms with van der Waals surface area (Å²) in [5, 5.41) is 15.5. The van der Waals surface area contributed by atoms with Crippen molar-refractivity contribution in [3.8, 4) is 0 Å². The Morgan fingerprint density at radius 3 is 1.25 bits per heavy atom. The summed E-state index contributed by atoms with van der Waals surface area (Å²) >= 11 is 0. The number of halogens is 1. The predicted molar refractivity (Wildman–Crippen MR) is 297 cm³/mol. The molecule has 0 spiro atoms. The molecule has 3 atom stereocenters. The van der Waals surface area contributed by atoms with Crippen LogP contribution >= 0.6 is 0 Å². The van der Waals surface area contributed by atoms with Crippen molar-refractivity contribution in [2.45, 2.75) is 135 Å². The van der Waals surface area contributed by atoms with E-state index >= 15 is 0 Å². The maximum absolute atomic E-state index is 13.7. The zero-order chi connectivity index (χ0) is 60.7. The van der Waals surface area contributed by atoms with Gasteiger partial charge in [0, 0.05) is 50.3 Å². The van der Waals surface area contributed by atoms with Crippen molar-refractivity contribution in [2.24, 2.45) is 11.5 Å². The van der Waals surface area contributed by atoms with Gasteiger partial charge in [0.05, 0.1) is 33.4 Å². The van der Waals surface area contributed by atoms with Crippen molar-refractivity contribution in [1.29, 1.82) is 0 Å². The number of fused-ring (bicyclic) bond motifs is 3. The van der Waals surface area contributed by atoms with Gasteiger partial charge in [0.2, 0.25) is 35.4 Å². The summed E-state index contributed by atoms with van der Waals surface area (Å²) in [6, 6.07) is 10.9. The van der Waals surface area contributed by atoms with E-state index in [4.69, 9.17) is 16.2 Å². The number of nitrogens with zero attached hydrogens (tertiary/aromatic N) is 3. The number of piperidine rings is 3. The summed E-state index contributed by atoms with van der Waals surface area (Å²) in [5.41, 5.74) is 12.3. The second-order valence-electron chi connectivity index (χ2n) is 20.9. The van der Waals surface area contributed by atoms with Crippen LogP contribution in [0.15, 0.2) is 54.6 Å². The predicted octanol–water partition coefficient (Wildman–Crippen LogP) is 3.41. The minimum Gasteiger partial charge on any atom is -0.444 e. The molecule has 9 rings (SSSR count). The number of nitrogens with one attached hydrogen (secondary N) is 6. The zero-order valence-electron chi connectivity index (χ0n) is 46.7. The highest BCUT2D eigenvalue weighted by molar-refractivity contribution is 6.27. The Balaban J connectivity index is 0.000000182. The number of carbonyl (C=O) groups excluding carboxylic acids is 13. The minimum absolute atomic E-state index is 0.0340. The summed E-state index contributed by atoms with van der Waals surface area (Å²) < 4.78 is 18.7. The van der Waals surface area contributed by atoms with Gasteiger partial charge in [-0.15, -0.1) is 0 Å². The number of amides is 13. The van der Waals surface area contributed by atoms with Crippen LogP contribution in [-0.4, -0.2) is 148 Å². The Morgan fingerprint density at radius 1 is 0.530 bits per heavy atom. The topological polar surface area (TPSA) is 365 Å². The van der Waals surface area contributed by atoms with Gasteiger partial charge in [-0.3, -0.25) is 88.2 Å². The second-order valence-corrected chi connectivity index (χ2v) is 20.9. The van der Waals surface area contributed by atoms with Crippen LogP contribution in [-0.2, 0) is 33.5 Å². The van der Waals surface area contributed by atoms with Crippen LogP contribution in [0.3, 0.4) is 0 Å². The first kappa shape index (κ1) is 63.4. The lowest BCUT2D eigenvalue weighted by Crippen LogP contribution is -2.54. The molecule has 10 N–H and O–H groups in total. The zero-order valence-corrected chi connectivity index (χ0v) is 46.7. The Kier molecular flexibility index (Phi) is 22.0. The van der Waals surface area contributed by atoms with E-state index in [1.165, 1.54) is 12.1 Å². The molecule has 3 aromatic carbocycles. The van der Waals surface area contributed by atoms with Gasteiger partial charge in [-0.2, -0.15) is 0 Å². The molecule has 6 aliphatic rings. The smallest absolute Gasteiger partial charge is 0.407 e. The summed E-state index contributed by atoms with van der Waals surface area (Å²) in [6.07, 6.45) is 6.94. The number of carbonyl (C=O) groups is 13. The number of ether oxygens (including phenoxy) is 1. The molecule has 3 saturated heterocycles. The molecule has 26 heteroatoms. The van der Waals surface area contributed by atoms with Crippen LogP contribution < -0.4 is 43.4 Å². The number of hydrogen-bond acceptors (Lipinski definition) is 18. The fourth-order valence-corrected chi connectivity index (χ4v) is 9.66. The summed E-state index contributed by atoms with van der Waals surface area (Å²) in [4.78, 5) is 159. The maximum Gasteiger partial charge on any atom is 0.407 e. The van der Waals surface area contributed by atoms with Crippen molar-refractivity contribution in [1.82, 2.24) is 36.0 Å². The van der Waals surface area contributed by atoms with Crippen LogP contribution in [0.4, 0.5) is 20.6 Å². The Labute approximate surface area is 477 Å². The standard InChI is InChI=1S/C18H21N3O4.C17H20N4O4.C13H9FN2O4.C9H20N2O2/c1-2-3-4-10-19-12-7-5-6-11-15(12)18(25)21(17(11)24)13-8-9-14(22)20-16(13)23;18-8-1-2-9-19-11-5-3-4-10-14(11)17(25)21(16(10)24)12-6-7-13(22)20-15(12)23;14-7-3-1-2-6-10(7)13(20)16(12(6)19)8-4-5-9(17)15-11(8)18;1-9(2,3)13-8(12)11-7-5-4-6-10/h5-7,13,19H,2-4,8-10H2,1H3,(H,20,22,23);3-5,12,19H,1-2,6-9,18H2,(H,20,22,23);1-3,8H,4-5H2,(H,15,17,18);4-7,10H2,1-3H3,(H,11,12). The number of anilines is 2. The molecule has 83 heavy (non-hydrogen) atoms. The molecule has 3 aromatic rings. The van der Waals surface area contributed by atoms with Gasteiger partial charge in [0.25, 0.3) is 35.4 Å². The van der Waals surface area contributed by atoms with E-state index < -0.39 is 88.6 Å². The van der Waals surface area contributed by atoms with Crippen molar-refractivity contribution >= 4 is 88.4 Å². The normalized spacial score (nSPS) is 19.0. The fourth-order valence-electron chi connectivity index (χ4n) is 9.66. The molecular weight excluding hydrogens is 1080 g/mol. The van der Waals surface area contributed by atoms with Gasteiger partial charge in [-0.05, 0) is 122 Å². The van der Waals surface area contributed by atoms with Crippen molar-refractivity contribution in [2.75, 3.05) is 43.4 Å². The van der Waals surface area contributed by atoms with E-state index in [0.29, 0.717) is 55.2 Å². The average Bonchev–Trinajstić information content (AvgIpc) is 3.37. The molecule has 0 bridgehead atoms. The quantitative estimate of drug-likeness (QED) is 0.0709. The molecule has 0 aromatic heterocycles. The highest BCUT2D eigenvalue weighted by Crippen LogP contribution is 2.35. The van der Waals surface area contributed by atoms with E-state index in [1.807, 2.05) is 20.8 Å². The average molecular weight is 1150 g/mol. The number of benzene rings is 3. The van der Waals surface area contributed by atoms with Crippen molar-refractivity contribution in [3.05, 3.63) is 93.8 Å². The Bertz CT molecular complexity index is 2940. The van der Waals surface area contributed by atoms with Gasteiger partial charge in [0.1, 0.15) is 29.5 Å². The molecular formula is C57H70FN11O14. The molecule has 6 heterocycles. The lowest BCUT2D eigenvalue weighted by Gasteiger charge is -2.27. The molecule has 6 aliphatic heterocycles. The second kappa shape index (κ2) is 28.8. The van der Waals surface area contributed by atoms with Crippen molar-refractivity contribution in [3.63, 3.8) is 0 Å². The molecule has 25 nitrogen and oxygen atoms in total. The number of hydrogen-bond donors (Lipinski definition) is 8. The number of imide groups is 6. The van der Waals surface area contributed by atoms with Gasteiger partial charge in [-0.25, -0.2) is 9.18 Å². The summed E-state index contributed by atoms with van der Waals surface area (Å²) in [7, 11) is 0. The lowest BCUT2D eigenvalue weighted by molar-refractivity contribution is -0.137. The maximum atomic E-state index is 13.7. The van der Waals surface area contributed by atoms with Gasteiger partial charge >= 0.3 is 6.09 Å². The van der Waals surface area contributed by atoms with E-state index in [9.17, 15) is 66.7 Å². The summed E-state index contributed by atoms with van der Waals surface area (Å²) in [5.74, 6) is -7.43. The third-order valence-electron chi connectivity index (χ3n) is 13.7. The highest BCUT2D eigenvalue weighted by atomic mass is 19.1. The molecule has 444 valence electrons. The number of unbranched alkanes of at least 4 members (excludes halogenated alkanes) is 4. The van der Waals surface area contributed by atoms with Crippen LogP contribution in [0.1, 0.15) is 173 Å². The first-order valence-electron chi connectivity index (χ1n) is 27.6.